The Morgan fingerprint density at radius 1 is 1.25 bits per heavy atom. The zero-order valence-electron chi connectivity index (χ0n) is 16.3. The summed E-state index contributed by atoms with van der Waals surface area (Å²) in [7, 11) is 1.61. The van der Waals surface area contributed by atoms with E-state index in [1.165, 1.54) is 18.2 Å². The third-order valence-electron chi connectivity index (χ3n) is 4.68. The van der Waals surface area contributed by atoms with Crippen LogP contribution in [-0.4, -0.2) is 42.5 Å². The molecule has 0 heterocycles. The van der Waals surface area contributed by atoms with Crippen molar-refractivity contribution in [1.82, 2.24) is 10.2 Å². The van der Waals surface area contributed by atoms with Crippen molar-refractivity contribution in [2.24, 2.45) is 0 Å². The van der Waals surface area contributed by atoms with Crippen molar-refractivity contribution in [3.8, 4) is 5.75 Å². The van der Waals surface area contributed by atoms with Crippen molar-refractivity contribution in [3.63, 3.8) is 0 Å². The number of nitrogens with one attached hydrogen (secondary N) is 1. The number of ether oxygens (including phenoxy) is 1. The zero-order valence-corrected chi connectivity index (χ0v) is 16.3. The molecular formula is C20H26N4O4. The highest BCUT2D eigenvalue weighted by Gasteiger charge is 2.21. The predicted molar refractivity (Wildman–Crippen MR) is 108 cm³/mol. The molecule has 2 aromatic carbocycles. The van der Waals surface area contributed by atoms with Crippen molar-refractivity contribution in [2.45, 2.75) is 19.9 Å². The number of hydrogen-bond donors (Lipinski definition) is 2. The van der Waals surface area contributed by atoms with E-state index in [1.54, 1.807) is 7.11 Å². The fourth-order valence-corrected chi connectivity index (χ4v) is 3.11. The largest absolute Gasteiger partial charge is 0.497 e. The number of benzene rings is 2. The summed E-state index contributed by atoms with van der Waals surface area (Å²) in [6, 6.07) is 11.7. The molecule has 1 atom stereocenters. The Bertz CT molecular complexity index is 837. The third kappa shape index (κ3) is 4.98. The second-order valence-corrected chi connectivity index (χ2v) is 6.25. The van der Waals surface area contributed by atoms with Gasteiger partial charge in [0.05, 0.1) is 18.1 Å². The van der Waals surface area contributed by atoms with E-state index < -0.39 is 4.92 Å². The molecule has 0 aromatic heterocycles. The van der Waals surface area contributed by atoms with E-state index in [4.69, 9.17) is 10.5 Å². The minimum Gasteiger partial charge on any atom is -0.497 e. The Hall–Kier alpha value is -3.13. The Balaban J connectivity index is 2.22. The summed E-state index contributed by atoms with van der Waals surface area (Å²) < 4.78 is 5.31. The molecule has 0 radical (unpaired) electrons. The van der Waals surface area contributed by atoms with Crippen LogP contribution < -0.4 is 15.8 Å². The van der Waals surface area contributed by atoms with Gasteiger partial charge in [-0.2, -0.15) is 0 Å². The quantitative estimate of drug-likeness (QED) is 0.389. The molecule has 2 aromatic rings. The first-order valence-electron chi connectivity index (χ1n) is 9.11. The number of nitrogens with two attached hydrogens (primary N) is 1. The molecule has 0 bridgehead atoms. The number of nitro benzene ring substituents is 1. The van der Waals surface area contributed by atoms with Crippen LogP contribution in [0.2, 0.25) is 0 Å². The van der Waals surface area contributed by atoms with Crippen LogP contribution in [0.25, 0.3) is 0 Å². The molecule has 0 aliphatic rings. The monoisotopic (exact) mass is 386 g/mol. The molecular weight excluding hydrogens is 360 g/mol. The lowest BCUT2D eigenvalue weighted by Crippen LogP contribution is -2.38. The first-order chi connectivity index (χ1) is 13.4. The van der Waals surface area contributed by atoms with Crippen molar-refractivity contribution < 1.29 is 14.5 Å². The van der Waals surface area contributed by atoms with E-state index in [2.05, 4.69) is 24.1 Å². The van der Waals surface area contributed by atoms with Crippen LogP contribution in [0, 0.1) is 10.1 Å². The van der Waals surface area contributed by atoms with Gasteiger partial charge >= 0.3 is 0 Å². The Labute approximate surface area is 164 Å². The molecule has 0 saturated heterocycles. The summed E-state index contributed by atoms with van der Waals surface area (Å²) >= 11 is 0. The van der Waals surface area contributed by atoms with Gasteiger partial charge in [0.1, 0.15) is 11.4 Å². The number of amides is 1. The summed E-state index contributed by atoms with van der Waals surface area (Å²) in [5.74, 6) is 0.360. The molecule has 8 nitrogen and oxygen atoms in total. The summed E-state index contributed by atoms with van der Waals surface area (Å²) in [5.41, 5.74) is 6.57. The second-order valence-electron chi connectivity index (χ2n) is 6.25. The number of likely N-dealkylation sites (N-methyl/N-ethyl adjacent to an activating group) is 1. The first kappa shape index (κ1) is 21.2. The van der Waals surface area contributed by atoms with Gasteiger partial charge in [0.2, 0.25) is 0 Å². The smallest absolute Gasteiger partial charge is 0.292 e. The number of carbonyl (C=O) groups is 1. The van der Waals surface area contributed by atoms with Gasteiger partial charge in [-0.25, -0.2) is 0 Å². The number of methoxy groups -OCH3 is 1. The SMILES string of the molecule is CCN(CC)[C@@H](CNC(=O)c1ccc(N)c([N+](=O)[O-])c1)c1cccc(OC)c1. The van der Waals surface area contributed by atoms with E-state index in [0.29, 0.717) is 6.54 Å². The maximum atomic E-state index is 12.6. The van der Waals surface area contributed by atoms with Gasteiger partial charge in [-0.3, -0.25) is 19.8 Å². The maximum absolute atomic E-state index is 12.6. The van der Waals surface area contributed by atoms with Crippen LogP contribution in [0.3, 0.4) is 0 Å². The van der Waals surface area contributed by atoms with Crippen molar-refractivity contribution >= 4 is 17.3 Å². The number of carbonyl (C=O) groups excluding carboxylic acids is 1. The van der Waals surface area contributed by atoms with Crippen LogP contribution in [0.15, 0.2) is 42.5 Å². The molecule has 1 amide bonds. The van der Waals surface area contributed by atoms with E-state index >= 15 is 0 Å². The standard InChI is InChI=1S/C20H26N4O4/c1-4-23(5-2)19(14-7-6-8-16(11-14)28-3)13-22-20(25)15-9-10-17(21)18(12-15)24(26)27/h6-12,19H,4-5,13,21H2,1-3H3,(H,22,25)/t19-/m0/s1. The summed E-state index contributed by atoms with van der Waals surface area (Å²) in [6.07, 6.45) is 0. The van der Waals surface area contributed by atoms with Crippen LogP contribution in [0.4, 0.5) is 11.4 Å². The number of anilines is 1. The van der Waals surface area contributed by atoms with E-state index in [9.17, 15) is 14.9 Å². The highest BCUT2D eigenvalue weighted by Crippen LogP contribution is 2.25. The van der Waals surface area contributed by atoms with Crippen molar-refractivity contribution in [3.05, 3.63) is 63.7 Å². The first-order valence-corrected chi connectivity index (χ1v) is 9.11. The number of nitrogens with zero attached hydrogens (tertiary/aromatic N) is 2. The van der Waals surface area contributed by atoms with E-state index in [0.717, 1.165) is 24.4 Å². The molecule has 2 rings (SSSR count). The lowest BCUT2D eigenvalue weighted by atomic mass is 10.0. The van der Waals surface area contributed by atoms with Gasteiger partial charge in [-0.05, 0) is 42.9 Å². The minimum atomic E-state index is -0.596. The summed E-state index contributed by atoms with van der Waals surface area (Å²) in [5, 5.41) is 13.9. The highest BCUT2D eigenvalue weighted by molar-refractivity contribution is 5.95. The molecule has 3 N–H and O–H groups in total. The summed E-state index contributed by atoms with van der Waals surface area (Å²) in [4.78, 5) is 25.2. The molecule has 0 spiro atoms. The van der Waals surface area contributed by atoms with E-state index in [-0.39, 0.29) is 28.9 Å². The topological polar surface area (TPSA) is 111 Å². The highest BCUT2D eigenvalue weighted by atomic mass is 16.6. The maximum Gasteiger partial charge on any atom is 0.292 e. The molecule has 0 aliphatic heterocycles. The van der Waals surface area contributed by atoms with Crippen molar-refractivity contribution in [2.75, 3.05) is 32.5 Å². The molecule has 0 fully saturated rings. The van der Waals surface area contributed by atoms with Gasteiger partial charge in [0.25, 0.3) is 11.6 Å². The van der Waals surface area contributed by atoms with Crippen LogP contribution >= 0.6 is 0 Å². The summed E-state index contributed by atoms with van der Waals surface area (Å²) in [6.45, 7) is 6.08. The Morgan fingerprint density at radius 3 is 2.57 bits per heavy atom. The lowest BCUT2D eigenvalue weighted by Gasteiger charge is -2.30. The zero-order chi connectivity index (χ0) is 20.7. The average molecular weight is 386 g/mol. The second kappa shape index (κ2) is 9.70. The number of hydrogen-bond acceptors (Lipinski definition) is 6. The predicted octanol–water partition coefficient (Wildman–Crippen LogP) is 3.00. The third-order valence-corrected chi connectivity index (χ3v) is 4.68. The molecule has 0 unspecified atom stereocenters. The molecule has 8 heteroatoms. The molecule has 0 aliphatic carbocycles. The van der Waals surface area contributed by atoms with Crippen LogP contribution in [0.5, 0.6) is 5.75 Å². The van der Waals surface area contributed by atoms with Gasteiger partial charge in [-0.15, -0.1) is 0 Å². The van der Waals surface area contributed by atoms with Crippen molar-refractivity contribution in [1.29, 1.82) is 0 Å². The van der Waals surface area contributed by atoms with Gasteiger partial charge < -0.3 is 15.8 Å². The lowest BCUT2D eigenvalue weighted by molar-refractivity contribution is -0.383. The Kier molecular flexibility index (Phi) is 7.34. The normalized spacial score (nSPS) is 11.9. The van der Waals surface area contributed by atoms with Gasteiger partial charge in [0.15, 0.2) is 0 Å². The molecule has 0 saturated carbocycles. The van der Waals surface area contributed by atoms with Gasteiger partial charge in [0, 0.05) is 18.2 Å². The van der Waals surface area contributed by atoms with Crippen LogP contribution in [0.1, 0.15) is 35.8 Å². The number of nitro groups is 1. The number of nitrogen functional groups attached to an aromatic ring is 1. The van der Waals surface area contributed by atoms with Gasteiger partial charge in [-0.1, -0.05) is 26.0 Å². The fraction of sp³-hybridized carbons (Fsp3) is 0.350. The Morgan fingerprint density at radius 2 is 1.96 bits per heavy atom. The van der Waals surface area contributed by atoms with E-state index in [1.807, 2.05) is 24.3 Å². The minimum absolute atomic E-state index is 0.0268. The average Bonchev–Trinajstić information content (AvgIpc) is 2.71. The van der Waals surface area contributed by atoms with Crippen LogP contribution in [-0.2, 0) is 0 Å². The number of rotatable bonds is 9. The molecule has 28 heavy (non-hydrogen) atoms. The molecule has 150 valence electrons. The fourth-order valence-electron chi connectivity index (χ4n) is 3.11.